The Bertz CT molecular complexity index is 1370. The summed E-state index contributed by atoms with van der Waals surface area (Å²) in [5.74, 6) is 0. The van der Waals surface area contributed by atoms with Gasteiger partial charge in [0, 0.05) is 7.26 Å². The minimum Gasteiger partial charge on any atom is -0.166 e. The fourth-order valence-corrected chi connectivity index (χ4v) is 9.82. The summed E-state index contributed by atoms with van der Waals surface area (Å²) >= 11 is 0. The van der Waals surface area contributed by atoms with Gasteiger partial charge in [-0.15, -0.1) is 0 Å². The monoisotopic (exact) mass is 667 g/mol. The van der Waals surface area contributed by atoms with Gasteiger partial charge in [-0.2, -0.15) is 52.7 Å². The van der Waals surface area contributed by atoms with E-state index >= 15 is 0 Å². The molecule has 240 valence electrons. The fourth-order valence-electron chi connectivity index (χ4n) is 5.27. The van der Waals surface area contributed by atoms with E-state index in [1.54, 1.807) is 0 Å². The first-order chi connectivity index (χ1) is 20.7. The van der Waals surface area contributed by atoms with Crippen LogP contribution in [0.2, 0.25) is 0 Å². The molecule has 4 rings (SSSR count). The van der Waals surface area contributed by atoms with Crippen LogP contribution < -0.4 is 0 Å². The van der Waals surface area contributed by atoms with E-state index in [1.807, 2.05) is 0 Å². The van der Waals surface area contributed by atoms with Gasteiger partial charge in [0.15, 0.2) is 0 Å². The molecule has 0 amide bonds. The van der Waals surface area contributed by atoms with Gasteiger partial charge in [0.1, 0.15) is 0 Å². The Morgan fingerprint density at radius 1 is 0.333 bits per heavy atom. The van der Waals surface area contributed by atoms with Crippen molar-refractivity contribution < 1.29 is 52.7 Å². The highest BCUT2D eigenvalue weighted by Gasteiger charge is 2.42. The predicted octanol–water partition coefficient (Wildman–Crippen LogP) is 11.9. The van der Waals surface area contributed by atoms with E-state index in [0.29, 0.717) is 0 Å². The molecule has 0 unspecified atom stereocenters. The topological polar surface area (TPSA) is 0 Å². The predicted molar refractivity (Wildman–Crippen MR) is 148 cm³/mol. The highest BCUT2D eigenvalue weighted by Crippen LogP contribution is 2.69. The molecule has 0 N–H and O–H groups in total. The van der Waals surface area contributed by atoms with Gasteiger partial charge in [0.05, 0.1) is 46.9 Å². The average Bonchev–Trinajstić information content (AvgIpc) is 2.92. The van der Waals surface area contributed by atoms with Crippen LogP contribution >= 0.6 is 7.26 Å². The van der Waals surface area contributed by atoms with Gasteiger partial charge in [0.2, 0.25) is 0 Å². The fraction of sp³-hybridized carbons (Fsp3) is 0.250. The molecule has 13 heteroatoms. The van der Waals surface area contributed by atoms with Crippen molar-refractivity contribution in [1.29, 1.82) is 0 Å². The van der Waals surface area contributed by atoms with Crippen LogP contribution in [-0.2, 0) is 49.4 Å². The number of benzene rings is 4. The molecule has 0 saturated carbocycles. The zero-order chi connectivity index (χ0) is 33.3. The van der Waals surface area contributed by atoms with Crippen LogP contribution in [0.4, 0.5) is 52.7 Å². The largest absolute Gasteiger partial charge is 0.416 e. The molecule has 0 aliphatic heterocycles. The third-order valence-electron chi connectivity index (χ3n) is 7.09. The number of halogens is 12. The third kappa shape index (κ3) is 9.25. The molecule has 0 aliphatic rings. The summed E-state index contributed by atoms with van der Waals surface area (Å²) in [6.07, 6.45) is -19.8. The van der Waals surface area contributed by atoms with Crippen molar-refractivity contribution in [2.75, 3.05) is 0 Å². The second-order valence-corrected chi connectivity index (χ2v) is 14.7. The molecule has 0 spiro atoms. The molecule has 45 heavy (non-hydrogen) atoms. The molecule has 0 bridgehead atoms. The lowest BCUT2D eigenvalue weighted by molar-refractivity contribution is -0.138. The molecule has 0 aromatic heterocycles. The molecular weight excluding hydrogens is 643 g/mol. The Morgan fingerprint density at radius 2 is 0.533 bits per heavy atom. The lowest BCUT2D eigenvalue weighted by Crippen LogP contribution is -2.12. The Hall–Kier alpha value is -3.53. The second kappa shape index (κ2) is 12.7. The highest BCUT2D eigenvalue weighted by atomic mass is 31.2. The van der Waals surface area contributed by atoms with Gasteiger partial charge < -0.3 is 0 Å². The zero-order valence-electron chi connectivity index (χ0n) is 23.0. The third-order valence-corrected chi connectivity index (χ3v) is 11.2. The summed E-state index contributed by atoms with van der Waals surface area (Å²) in [5.41, 5.74) is -3.67. The average molecular weight is 667 g/mol. The van der Waals surface area contributed by atoms with Crippen molar-refractivity contribution in [3.05, 3.63) is 142 Å². The van der Waals surface area contributed by atoms with E-state index < -0.39 is 54.2 Å². The maximum absolute atomic E-state index is 13.6. The van der Waals surface area contributed by atoms with Gasteiger partial charge in [-0.1, -0.05) is 48.5 Å². The van der Waals surface area contributed by atoms with Gasteiger partial charge in [-0.05, 0) is 70.8 Å². The molecular formula is C32H24F12P+. The standard InChI is InChI=1S/C32H24F12P/c33-29(34,35)25-9-1-5-21(13-25)17-45(18-22-6-2-10-26(14-22)30(36,37)38,19-23-7-3-11-27(15-23)31(39,40)41)20-24-8-4-12-28(16-24)32(42,43)44/h1-16H,17-20H2/q+1. The lowest BCUT2D eigenvalue weighted by atomic mass is 10.1. The van der Waals surface area contributed by atoms with E-state index in [4.69, 9.17) is 0 Å². The van der Waals surface area contributed by atoms with Gasteiger partial charge >= 0.3 is 24.7 Å². The maximum atomic E-state index is 13.6. The molecule has 0 saturated heterocycles. The molecule has 4 aromatic rings. The molecule has 4 aromatic carbocycles. The van der Waals surface area contributed by atoms with Crippen LogP contribution in [0.1, 0.15) is 44.5 Å². The molecule has 0 heterocycles. The van der Waals surface area contributed by atoms with Gasteiger partial charge in [0.25, 0.3) is 0 Å². The van der Waals surface area contributed by atoms with Crippen molar-refractivity contribution >= 4 is 7.26 Å². The summed E-state index contributed by atoms with van der Waals surface area (Å²) < 4.78 is 163. The van der Waals surface area contributed by atoms with Crippen molar-refractivity contribution in [3.63, 3.8) is 0 Å². The van der Waals surface area contributed by atoms with E-state index in [9.17, 15) is 52.7 Å². The minimum absolute atomic E-state index is 0.101. The van der Waals surface area contributed by atoms with Crippen molar-refractivity contribution in [2.24, 2.45) is 0 Å². The van der Waals surface area contributed by atoms with Crippen molar-refractivity contribution in [1.82, 2.24) is 0 Å². The van der Waals surface area contributed by atoms with Crippen LogP contribution in [0, 0.1) is 0 Å². The van der Waals surface area contributed by atoms with Gasteiger partial charge in [-0.25, -0.2) is 0 Å². The van der Waals surface area contributed by atoms with Gasteiger partial charge in [-0.3, -0.25) is 0 Å². The lowest BCUT2D eigenvalue weighted by Gasteiger charge is -2.29. The Labute approximate surface area is 251 Å². The zero-order valence-corrected chi connectivity index (χ0v) is 23.9. The number of hydrogen-bond donors (Lipinski definition) is 0. The first-order valence-electron chi connectivity index (χ1n) is 13.2. The Balaban J connectivity index is 1.92. The second-order valence-electron chi connectivity index (χ2n) is 10.8. The molecule has 0 nitrogen and oxygen atoms in total. The first kappa shape index (κ1) is 34.3. The molecule has 0 aliphatic carbocycles. The number of hydrogen-bond acceptors (Lipinski definition) is 0. The van der Waals surface area contributed by atoms with Crippen LogP contribution in [-0.4, -0.2) is 0 Å². The van der Waals surface area contributed by atoms with E-state index in [2.05, 4.69) is 0 Å². The van der Waals surface area contributed by atoms with Crippen LogP contribution in [0.25, 0.3) is 0 Å². The van der Waals surface area contributed by atoms with Crippen molar-refractivity contribution in [2.45, 2.75) is 49.4 Å². The van der Waals surface area contributed by atoms with E-state index in [-0.39, 0.29) is 46.9 Å². The van der Waals surface area contributed by atoms with Crippen molar-refractivity contribution in [3.8, 4) is 0 Å². The van der Waals surface area contributed by atoms with E-state index in [0.717, 1.165) is 72.8 Å². The summed E-state index contributed by atoms with van der Waals surface area (Å²) in [4.78, 5) is 0. The summed E-state index contributed by atoms with van der Waals surface area (Å²) in [6, 6.07) is 16.6. The first-order valence-corrected chi connectivity index (χ1v) is 15.8. The maximum Gasteiger partial charge on any atom is 0.416 e. The number of alkyl halides is 12. The minimum atomic E-state index is -4.75. The number of rotatable bonds is 8. The molecule has 0 fully saturated rings. The Morgan fingerprint density at radius 3 is 0.711 bits per heavy atom. The SMILES string of the molecule is FC(F)(F)c1cccc(C[P+](Cc2cccc(C(F)(F)F)c2)(Cc2cccc(C(F)(F)F)c2)Cc2cccc(C(F)(F)F)c2)c1. The summed E-state index contributed by atoms with van der Waals surface area (Å²) in [6.45, 7) is 0. The summed E-state index contributed by atoms with van der Waals surface area (Å²) in [7, 11) is -3.14. The normalized spacial score (nSPS) is 13.2. The Kier molecular flexibility index (Phi) is 9.69. The summed E-state index contributed by atoms with van der Waals surface area (Å²) in [5, 5.41) is 0. The highest BCUT2D eigenvalue weighted by molar-refractivity contribution is 7.72. The van der Waals surface area contributed by atoms with E-state index in [1.165, 1.54) is 24.3 Å². The van der Waals surface area contributed by atoms with Crippen LogP contribution in [0.5, 0.6) is 0 Å². The smallest absolute Gasteiger partial charge is 0.166 e. The quantitative estimate of drug-likeness (QED) is 0.130. The van der Waals surface area contributed by atoms with Crippen LogP contribution in [0.3, 0.4) is 0 Å². The molecule has 0 atom stereocenters. The van der Waals surface area contributed by atoms with Crippen LogP contribution in [0.15, 0.2) is 97.1 Å². The molecule has 0 radical (unpaired) electrons.